The first-order valence-corrected chi connectivity index (χ1v) is 9.13. The highest BCUT2D eigenvalue weighted by molar-refractivity contribution is 6.32. The Bertz CT molecular complexity index is 1180. The number of H-pyrrole nitrogens is 1. The van der Waals surface area contributed by atoms with Crippen molar-refractivity contribution in [2.45, 2.75) is 6.54 Å². The molecule has 0 fully saturated rings. The van der Waals surface area contributed by atoms with Crippen LogP contribution in [0, 0.1) is 0 Å². The summed E-state index contributed by atoms with van der Waals surface area (Å²) in [6.07, 6.45) is 2.83. The molecule has 0 aliphatic rings. The molecule has 3 aromatic rings. The molecule has 1 heterocycles. The van der Waals surface area contributed by atoms with Gasteiger partial charge in [0.25, 0.3) is 11.5 Å². The number of nitrogens with one attached hydrogen (secondary N) is 1. The van der Waals surface area contributed by atoms with Crippen molar-refractivity contribution in [2.24, 2.45) is 0 Å². The molecular formula is C21H19ClN4O3. The first-order valence-electron chi connectivity index (χ1n) is 8.75. The molecule has 29 heavy (non-hydrogen) atoms. The molecule has 1 aromatic heterocycles. The van der Waals surface area contributed by atoms with Crippen LogP contribution in [0.1, 0.15) is 11.1 Å². The monoisotopic (exact) mass is 410 g/mol. The van der Waals surface area contributed by atoms with Crippen LogP contribution in [-0.2, 0) is 11.3 Å². The van der Waals surface area contributed by atoms with Crippen LogP contribution in [0.3, 0.4) is 0 Å². The zero-order valence-corrected chi connectivity index (χ0v) is 16.4. The largest absolute Gasteiger partial charge is 0.383 e. The number of benzene rings is 2. The lowest BCUT2D eigenvalue weighted by molar-refractivity contribution is -0.113. The molecule has 1 amide bonds. The van der Waals surface area contributed by atoms with Crippen LogP contribution < -0.4 is 21.9 Å². The summed E-state index contributed by atoms with van der Waals surface area (Å²) in [6.45, 7) is 0.160. The zero-order chi connectivity index (χ0) is 21.0. The number of hydrogen-bond donors (Lipinski definition) is 2. The molecule has 8 heteroatoms. The number of halogens is 1. The van der Waals surface area contributed by atoms with E-state index in [0.717, 1.165) is 10.5 Å². The number of anilines is 2. The average molecular weight is 411 g/mol. The third kappa shape index (κ3) is 4.47. The van der Waals surface area contributed by atoms with Gasteiger partial charge in [-0.15, -0.1) is 0 Å². The summed E-state index contributed by atoms with van der Waals surface area (Å²) in [4.78, 5) is 40.5. The van der Waals surface area contributed by atoms with E-state index in [1.165, 1.54) is 17.7 Å². The van der Waals surface area contributed by atoms with Crippen molar-refractivity contribution in [3.05, 3.63) is 97.7 Å². The first-order chi connectivity index (χ1) is 13.9. The number of carbonyl (C=O) groups is 1. The lowest BCUT2D eigenvalue weighted by Gasteiger charge is -2.19. The SMILES string of the molecule is CN(C(=O)/C=C/c1ccccc1Cl)c1c(N)n(Cc2ccccc2)c(=O)[nH]c1=O. The number of aromatic nitrogens is 2. The van der Waals surface area contributed by atoms with Crippen LogP contribution in [0.15, 0.2) is 70.3 Å². The summed E-state index contributed by atoms with van der Waals surface area (Å²) in [6, 6.07) is 16.2. The molecule has 3 rings (SSSR count). The maximum atomic E-state index is 12.6. The summed E-state index contributed by atoms with van der Waals surface area (Å²) >= 11 is 6.08. The van der Waals surface area contributed by atoms with Crippen molar-refractivity contribution >= 4 is 35.1 Å². The lowest BCUT2D eigenvalue weighted by atomic mass is 10.2. The van der Waals surface area contributed by atoms with Crippen LogP contribution in [0.5, 0.6) is 0 Å². The topological polar surface area (TPSA) is 101 Å². The Morgan fingerprint density at radius 3 is 2.48 bits per heavy atom. The maximum Gasteiger partial charge on any atom is 0.330 e. The van der Waals surface area contributed by atoms with Gasteiger partial charge in [-0.3, -0.25) is 19.1 Å². The number of nitrogen functional groups attached to an aromatic ring is 1. The predicted octanol–water partition coefficient (Wildman–Crippen LogP) is 2.50. The van der Waals surface area contributed by atoms with Gasteiger partial charge < -0.3 is 10.6 Å². The normalized spacial score (nSPS) is 11.0. The summed E-state index contributed by atoms with van der Waals surface area (Å²) in [7, 11) is 1.41. The van der Waals surface area contributed by atoms with Crippen molar-refractivity contribution < 1.29 is 4.79 Å². The van der Waals surface area contributed by atoms with Gasteiger partial charge in [-0.25, -0.2) is 4.79 Å². The van der Waals surface area contributed by atoms with E-state index in [1.807, 2.05) is 30.3 Å². The number of amides is 1. The second kappa shape index (κ2) is 8.62. The van der Waals surface area contributed by atoms with Crippen LogP contribution in [0.25, 0.3) is 6.08 Å². The molecule has 0 spiro atoms. The minimum absolute atomic E-state index is 0.0930. The minimum Gasteiger partial charge on any atom is -0.383 e. The Hall–Kier alpha value is -3.58. The van der Waals surface area contributed by atoms with E-state index in [9.17, 15) is 14.4 Å². The third-order valence-electron chi connectivity index (χ3n) is 4.37. The highest BCUT2D eigenvalue weighted by Crippen LogP contribution is 2.19. The quantitative estimate of drug-likeness (QED) is 0.631. The number of rotatable bonds is 5. The van der Waals surface area contributed by atoms with Crippen molar-refractivity contribution in [1.82, 2.24) is 9.55 Å². The van der Waals surface area contributed by atoms with Crippen LogP contribution >= 0.6 is 11.6 Å². The molecule has 7 nitrogen and oxygen atoms in total. The van der Waals surface area contributed by atoms with Crippen molar-refractivity contribution in [3.8, 4) is 0 Å². The van der Waals surface area contributed by atoms with Crippen LogP contribution in [0.4, 0.5) is 11.5 Å². The molecular weight excluding hydrogens is 392 g/mol. The summed E-state index contributed by atoms with van der Waals surface area (Å²) < 4.78 is 1.22. The maximum absolute atomic E-state index is 12.6. The van der Waals surface area contributed by atoms with Gasteiger partial charge in [0, 0.05) is 18.1 Å². The van der Waals surface area contributed by atoms with Crippen LogP contribution in [0.2, 0.25) is 5.02 Å². The minimum atomic E-state index is -0.737. The Morgan fingerprint density at radius 2 is 1.79 bits per heavy atom. The molecule has 0 saturated carbocycles. The van der Waals surface area contributed by atoms with Gasteiger partial charge in [0.05, 0.1) is 6.54 Å². The highest BCUT2D eigenvalue weighted by Gasteiger charge is 2.19. The molecule has 0 aliphatic carbocycles. The van der Waals surface area contributed by atoms with E-state index < -0.39 is 17.2 Å². The fraction of sp³-hybridized carbons (Fsp3) is 0.0952. The van der Waals surface area contributed by atoms with Gasteiger partial charge in [0.1, 0.15) is 5.82 Å². The molecule has 3 N–H and O–H groups in total. The van der Waals surface area contributed by atoms with E-state index in [1.54, 1.807) is 30.3 Å². The molecule has 148 valence electrons. The number of aromatic amines is 1. The van der Waals surface area contributed by atoms with Gasteiger partial charge in [0.15, 0.2) is 5.69 Å². The molecule has 0 atom stereocenters. The number of nitrogens with zero attached hydrogens (tertiary/aromatic N) is 2. The van der Waals surface area contributed by atoms with Crippen LogP contribution in [-0.4, -0.2) is 22.5 Å². The van der Waals surface area contributed by atoms with Gasteiger partial charge in [0.2, 0.25) is 0 Å². The lowest BCUT2D eigenvalue weighted by Crippen LogP contribution is -2.39. The molecule has 0 bridgehead atoms. The summed E-state index contributed by atoms with van der Waals surface area (Å²) in [5.74, 6) is -0.586. The average Bonchev–Trinajstić information content (AvgIpc) is 2.71. The van der Waals surface area contributed by atoms with Gasteiger partial charge >= 0.3 is 5.69 Å². The smallest absolute Gasteiger partial charge is 0.330 e. The number of hydrogen-bond acceptors (Lipinski definition) is 4. The Balaban J connectivity index is 1.94. The molecule has 2 aromatic carbocycles. The van der Waals surface area contributed by atoms with Crippen molar-refractivity contribution in [3.63, 3.8) is 0 Å². The van der Waals surface area contributed by atoms with E-state index in [2.05, 4.69) is 4.98 Å². The van der Waals surface area contributed by atoms with E-state index in [4.69, 9.17) is 17.3 Å². The van der Waals surface area contributed by atoms with Gasteiger partial charge in [-0.2, -0.15) is 0 Å². The van der Waals surface area contributed by atoms with Gasteiger partial charge in [-0.1, -0.05) is 60.1 Å². The zero-order valence-electron chi connectivity index (χ0n) is 15.6. The van der Waals surface area contributed by atoms with E-state index in [0.29, 0.717) is 10.6 Å². The Labute approximate surface area is 171 Å². The molecule has 0 unspecified atom stereocenters. The Kier molecular flexibility index (Phi) is 5.99. The number of carbonyl (C=O) groups excluding carboxylic acids is 1. The highest BCUT2D eigenvalue weighted by atomic mass is 35.5. The Morgan fingerprint density at radius 1 is 1.14 bits per heavy atom. The predicted molar refractivity (Wildman–Crippen MR) is 115 cm³/mol. The van der Waals surface area contributed by atoms with Crippen molar-refractivity contribution in [2.75, 3.05) is 17.7 Å². The number of nitrogens with two attached hydrogens (primary N) is 1. The third-order valence-corrected chi connectivity index (χ3v) is 4.72. The second-order valence-corrected chi connectivity index (χ2v) is 6.72. The van der Waals surface area contributed by atoms with Gasteiger partial charge in [-0.05, 0) is 23.3 Å². The molecule has 0 radical (unpaired) electrons. The second-order valence-electron chi connectivity index (χ2n) is 6.32. The van der Waals surface area contributed by atoms with E-state index in [-0.39, 0.29) is 18.1 Å². The number of likely N-dealkylation sites (N-methyl/N-ethyl adjacent to an activating group) is 1. The van der Waals surface area contributed by atoms with Crippen molar-refractivity contribution in [1.29, 1.82) is 0 Å². The fourth-order valence-electron chi connectivity index (χ4n) is 2.82. The first kappa shape index (κ1) is 20.2. The molecule has 0 aliphatic heterocycles. The summed E-state index contributed by atoms with van der Waals surface area (Å²) in [5, 5.41) is 0.493. The van der Waals surface area contributed by atoms with E-state index >= 15 is 0 Å². The summed E-state index contributed by atoms with van der Waals surface area (Å²) in [5.41, 5.74) is 6.11. The molecule has 0 saturated heterocycles. The standard InChI is InChI=1S/C21H19ClN4O3/c1-25(17(27)12-11-15-9-5-6-10-16(15)22)18-19(23)26(21(29)24-20(18)28)13-14-7-3-2-4-8-14/h2-12H,13,23H2,1H3,(H,24,28,29)/b12-11+. The fourth-order valence-corrected chi connectivity index (χ4v) is 3.02.